The molecule has 0 aliphatic heterocycles. The van der Waals surface area contributed by atoms with E-state index in [4.69, 9.17) is 11.6 Å². The summed E-state index contributed by atoms with van der Waals surface area (Å²) in [5, 5.41) is 10.2. The maximum absolute atomic E-state index is 9.46. The summed E-state index contributed by atoms with van der Waals surface area (Å²) in [6.07, 6.45) is 6.74. The molecule has 0 amide bonds. The Morgan fingerprint density at radius 3 is 2.43 bits per heavy atom. The minimum atomic E-state index is 0.700. The molecule has 0 N–H and O–H groups in total. The van der Waals surface area contributed by atoms with Crippen molar-refractivity contribution in [2.75, 3.05) is 0 Å². The number of benzene rings is 2. The second-order valence-corrected chi connectivity index (χ2v) is 5.85. The predicted molar refractivity (Wildman–Crippen MR) is 88.0 cm³/mol. The number of allylic oxidation sites excluding steroid dienone is 1. The van der Waals surface area contributed by atoms with Gasteiger partial charge in [-0.05, 0) is 66.1 Å². The SMILES string of the molecule is N#C/C(=C\c1ccc(Cl)cc1)c1ccc2c(c1)CCCC2. The number of hydrogen-bond acceptors (Lipinski definition) is 1. The van der Waals surface area contributed by atoms with Gasteiger partial charge in [0.2, 0.25) is 0 Å². The number of rotatable bonds is 2. The van der Waals surface area contributed by atoms with Crippen molar-refractivity contribution in [2.24, 2.45) is 0 Å². The highest BCUT2D eigenvalue weighted by Crippen LogP contribution is 2.26. The normalized spacial score (nSPS) is 14.4. The van der Waals surface area contributed by atoms with E-state index in [0.29, 0.717) is 10.6 Å². The van der Waals surface area contributed by atoms with E-state index in [9.17, 15) is 5.26 Å². The molecule has 2 aromatic rings. The van der Waals surface area contributed by atoms with E-state index in [1.807, 2.05) is 30.3 Å². The van der Waals surface area contributed by atoms with Crippen LogP contribution in [-0.2, 0) is 12.8 Å². The molecule has 0 unspecified atom stereocenters. The second kappa shape index (κ2) is 6.16. The molecule has 0 aromatic heterocycles. The molecule has 3 rings (SSSR count). The van der Waals surface area contributed by atoms with Gasteiger partial charge in [-0.1, -0.05) is 41.9 Å². The van der Waals surface area contributed by atoms with Crippen molar-refractivity contribution < 1.29 is 0 Å². The van der Waals surface area contributed by atoms with Crippen LogP contribution in [0.2, 0.25) is 5.02 Å². The molecule has 0 fully saturated rings. The number of hydrogen-bond donors (Lipinski definition) is 0. The summed E-state index contributed by atoms with van der Waals surface area (Å²) in [7, 11) is 0. The van der Waals surface area contributed by atoms with E-state index in [2.05, 4.69) is 24.3 Å². The number of fused-ring (bicyclic) bond motifs is 1. The van der Waals surface area contributed by atoms with Gasteiger partial charge in [-0.3, -0.25) is 0 Å². The topological polar surface area (TPSA) is 23.8 Å². The molecule has 0 radical (unpaired) electrons. The van der Waals surface area contributed by atoms with E-state index < -0.39 is 0 Å². The van der Waals surface area contributed by atoms with Gasteiger partial charge in [0.1, 0.15) is 0 Å². The Morgan fingerprint density at radius 1 is 1.00 bits per heavy atom. The standard InChI is InChI=1S/C19H16ClN/c20-19-9-5-14(6-10-19)11-18(13-21)17-8-7-15-3-1-2-4-16(15)12-17/h5-12H,1-4H2/b18-11+. The Kier molecular flexibility index (Phi) is 4.08. The molecule has 0 saturated carbocycles. The van der Waals surface area contributed by atoms with Crippen molar-refractivity contribution in [3.05, 3.63) is 69.7 Å². The van der Waals surface area contributed by atoms with Crippen LogP contribution in [0.3, 0.4) is 0 Å². The third kappa shape index (κ3) is 3.17. The average molecular weight is 294 g/mol. The van der Waals surface area contributed by atoms with Gasteiger partial charge < -0.3 is 0 Å². The van der Waals surface area contributed by atoms with E-state index >= 15 is 0 Å². The molecule has 1 aliphatic carbocycles. The Bertz CT molecular complexity index is 720. The highest BCUT2D eigenvalue weighted by atomic mass is 35.5. The minimum absolute atomic E-state index is 0.700. The quantitative estimate of drug-likeness (QED) is 0.545. The molecule has 0 heterocycles. The summed E-state index contributed by atoms with van der Waals surface area (Å²) in [6, 6.07) is 16.3. The van der Waals surface area contributed by atoms with Crippen molar-refractivity contribution in [1.29, 1.82) is 5.26 Å². The summed E-state index contributed by atoms with van der Waals surface area (Å²) >= 11 is 5.89. The van der Waals surface area contributed by atoms with Crippen LogP contribution in [0.1, 0.15) is 35.1 Å². The maximum Gasteiger partial charge on any atom is 0.0998 e. The molecule has 0 atom stereocenters. The van der Waals surface area contributed by atoms with Gasteiger partial charge >= 0.3 is 0 Å². The van der Waals surface area contributed by atoms with Crippen LogP contribution in [0.15, 0.2) is 42.5 Å². The van der Waals surface area contributed by atoms with E-state index in [1.54, 1.807) is 0 Å². The molecular formula is C19H16ClN. The summed E-state index contributed by atoms with van der Waals surface area (Å²) < 4.78 is 0. The van der Waals surface area contributed by atoms with Crippen LogP contribution in [0, 0.1) is 11.3 Å². The number of aryl methyl sites for hydroxylation is 2. The Morgan fingerprint density at radius 2 is 1.71 bits per heavy atom. The first-order valence-corrected chi connectivity index (χ1v) is 7.63. The average Bonchev–Trinajstić information content (AvgIpc) is 2.54. The highest BCUT2D eigenvalue weighted by Gasteiger charge is 2.11. The van der Waals surface area contributed by atoms with Gasteiger partial charge in [0, 0.05) is 5.02 Å². The number of halogens is 1. The molecule has 0 spiro atoms. The van der Waals surface area contributed by atoms with Crippen LogP contribution in [-0.4, -0.2) is 0 Å². The molecular weight excluding hydrogens is 278 g/mol. The lowest BCUT2D eigenvalue weighted by atomic mass is 9.89. The van der Waals surface area contributed by atoms with E-state index in [0.717, 1.165) is 17.5 Å². The lowest BCUT2D eigenvalue weighted by Crippen LogP contribution is -2.02. The first-order chi connectivity index (χ1) is 10.3. The third-order valence-corrected chi connectivity index (χ3v) is 4.21. The zero-order valence-corrected chi connectivity index (χ0v) is 12.5. The van der Waals surface area contributed by atoms with Gasteiger partial charge in [0.15, 0.2) is 0 Å². The molecule has 21 heavy (non-hydrogen) atoms. The first-order valence-electron chi connectivity index (χ1n) is 7.26. The third-order valence-electron chi connectivity index (χ3n) is 3.96. The Balaban J connectivity index is 1.96. The van der Waals surface area contributed by atoms with Crippen molar-refractivity contribution in [3.8, 4) is 6.07 Å². The molecule has 2 aromatic carbocycles. The zero-order chi connectivity index (χ0) is 14.7. The fraction of sp³-hybridized carbons (Fsp3) is 0.211. The fourth-order valence-corrected chi connectivity index (χ4v) is 2.93. The molecule has 104 valence electrons. The molecule has 2 heteroatoms. The smallest absolute Gasteiger partial charge is 0.0998 e. The van der Waals surface area contributed by atoms with Gasteiger partial charge in [-0.25, -0.2) is 0 Å². The number of nitrogens with zero attached hydrogens (tertiary/aromatic N) is 1. The molecule has 1 aliphatic rings. The highest BCUT2D eigenvalue weighted by molar-refractivity contribution is 6.30. The summed E-state index contributed by atoms with van der Waals surface area (Å²) in [5.74, 6) is 0. The summed E-state index contributed by atoms with van der Waals surface area (Å²) in [4.78, 5) is 0. The van der Waals surface area contributed by atoms with Gasteiger partial charge in [-0.15, -0.1) is 0 Å². The minimum Gasteiger partial charge on any atom is -0.192 e. The van der Waals surface area contributed by atoms with Crippen LogP contribution >= 0.6 is 11.6 Å². The Labute approximate surface area is 130 Å². The molecule has 1 nitrogen and oxygen atoms in total. The van der Waals surface area contributed by atoms with Crippen molar-refractivity contribution in [1.82, 2.24) is 0 Å². The Hall–Kier alpha value is -2.04. The molecule has 0 saturated heterocycles. The summed E-state index contributed by atoms with van der Waals surface area (Å²) in [6.45, 7) is 0. The molecule has 0 bridgehead atoms. The lowest BCUT2D eigenvalue weighted by Gasteiger charge is -2.16. The van der Waals surface area contributed by atoms with Crippen LogP contribution in [0.25, 0.3) is 11.6 Å². The van der Waals surface area contributed by atoms with Crippen molar-refractivity contribution >= 4 is 23.3 Å². The van der Waals surface area contributed by atoms with Gasteiger partial charge in [0.25, 0.3) is 0 Å². The zero-order valence-electron chi connectivity index (χ0n) is 11.8. The second-order valence-electron chi connectivity index (χ2n) is 5.41. The fourth-order valence-electron chi connectivity index (χ4n) is 2.81. The summed E-state index contributed by atoms with van der Waals surface area (Å²) in [5.41, 5.74) is 5.54. The lowest BCUT2D eigenvalue weighted by molar-refractivity contribution is 0.685. The number of nitriles is 1. The van der Waals surface area contributed by atoms with E-state index in [1.165, 1.54) is 30.4 Å². The van der Waals surface area contributed by atoms with Gasteiger partial charge in [0.05, 0.1) is 11.6 Å². The van der Waals surface area contributed by atoms with Crippen LogP contribution in [0.5, 0.6) is 0 Å². The largest absolute Gasteiger partial charge is 0.192 e. The monoisotopic (exact) mass is 293 g/mol. The van der Waals surface area contributed by atoms with E-state index in [-0.39, 0.29) is 0 Å². The van der Waals surface area contributed by atoms with Crippen molar-refractivity contribution in [2.45, 2.75) is 25.7 Å². The maximum atomic E-state index is 9.46. The first kappa shape index (κ1) is 13.9. The van der Waals surface area contributed by atoms with Crippen molar-refractivity contribution in [3.63, 3.8) is 0 Å². The van der Waals surface area contributed by atoms with Crippen LogP contribution in [0.4, 0.5) is 0 Å². The van der Waals surface area contributed by atoms with Gasteiger partial charge in [-0.2, -0.15) is 5.26 Å². The predicted octanol–water partition coefficient (Wildman–Crippen LogP) is 5.28. The van der Waals surface area contributed by atoms with Crippen LogP contribution < -0.4 is 0 Å².